The number of amides is 2. The number of esters is 1. The first-order valence-electron chi connectivity index (χ1n) is 8.85. The second-order valence-electron chi connectivity index (χ2n) is 5.99. The van der Waals surface area contributed by atoms with E-state index in [0.29, 0.717) is 39.2 Å². The molecule has 1 aromatic carbocycles. The Labute approximate surface area is 167 Å². The number of carbonyl (C=O) groups is 2. The summed E-state index contributed by atoms with van der Waals surface area (Å²) in [5.41, 5.74) is 1.69. The van der Waals surface area contributed by atoms with Gasteiger partial charge in [-0.2, -0.15) is 0 Å². The monoisotopic (exact) mass is 440 g/mol. The smallest absolute Gasteiger partial charge is 0.338 e. The van der Waals surface area contributed by atoms with Crippen molar-refractivity contribution in [1.29, 1.82) is 0 Å². The lowest BCUT2D eigenvalue weighted by Gasteiger charge is -2.30. The molecule has 0 radical (unpaired) electrons. The van der Waals surface area contributed by atoms with Crippen LogP contribution in [0.3, 0.4) is 0 Å². The maximum Gasteiger partial charge on any atom is 0.338 e. The summed E-state index contributed by atoms with van der Waals surface area (Å²) >= 11 is 3.46. The van der Waals surface area contributed by atoms with Gasteiger partial charge in [-0.3, -0.25) is 0 Å². The van der Waals surface area contributed by atoms with Crippen molar-refractivity contribution in [1.82, 2.24) is 10.6 Å². The molecular weight excluding hydrogens is 416 g/mol. The fourth-order valence-corrected chi connectivity index (χ4v) is 3.59. The van der Waals surface area contributed by atoms with E-state index in [1.165, 1.54) is 7.11 Å². The molecule has 2 N–H and O–H groups in total. The third-order valence-electron chi connectivity index (χ3n) is 4.22. The van der Waals surface area contributed by atoms with Crippen LogP contribution in [0, 0.1) is 0 Å². The van der Waals surface area contributed by atoms with E-state index in [2.05, 4.69) is 33.5 Å². The van der Waals surface area contributed by atoms with E-state index in [1.807, 2.05) is 0 Å². The average Bonchev–Trinajstić information content (AvgIpc) is 2.65. The van der Waals surface area contributed by atoms with Crippen LogP contribution in [-0.4, -0.2) is 32.8 Å². The Morgan fingerprint density at radius 2 is 1.96 bits per heavy atom. The number of benzene rings is 1. The summed E-state index contributed by atoms with van der Waals surface area (Å²) in [5.74, 6) is 0.578. The van der Waals surface area contributed by atoms with Gasteiger partial charge in [-0.05, 0) is 53.4 Å². The quantitative estimate of drug-likeness (QED) is 0.599. The van der Waals surface area contributed by atoms with Crippen LogP contribution in [0.15, 0.2) is 27.9 Å². The second kappa shape index (κ2) is 9.64. The van der Waals surface area contributed by atoms with Crippen LogP contribution < -0.4 is 20.1 Å². The van der Waals surface area contributed by atoms with E-state index in [4.69, 9.17) is 14.2 Å². The van der Waals surface area contributed by atoms with Crippen LogP contribution in [0.5, 0.6) is 11.5 Å². The molecule has 1 unspecified atom stereocenters. The first kappa shape index (κ1) is 21.1. The van der Waals surface area contributed by atoms with Crippen LogP contribution in [0.1, 0.15) is 44.7 Å². The fraction of sp³-hybridized carbons (Fsp3) is 0.474. The van der Waals surface area contributed by atoms with Gasteiger partial charge in [0.15, 0.2) is 11.5 Å². The maximum absolute atomic E-state index is 12.7. The summed E-state index contributed by atoms with van der Waals surface area (Å²) in [6.07, 6.45) is 2.37. The third kappa shape index (κ3) is 4.74. The number of nitrogens with one attached hydrogen (secondary N) is 2. The number of hydrogen-bond donors (Lipinski definition) is 2. The van der Waals surface area contributed by atoms with Crippen molar-refractivity contribution in [2.24, 2.45) is 0 Å². The van der Waals surface area contributed by atoms with Gasteiger partial charge in [0.2, 0.25) is 0 Å². The predicted molar refractivity (Wildman–Crippen MR) is 105 cm³/mol. The molecule has 0 fully saturated rings. The van der Waals surface area contributed by atoms with Gasteiger partial charge < -0.3 is 24.8 Å². The van der Waals surface area contributed by atoms with E-state index < -0.39 is 12.0 Å². The summed E-state index contributed by atoms with van der Waals surface area (Å²) in [4.78, 5) is 24.9. The molecule has 0 aliphatic carbocycles. The molecule has 27 heavy (non-hydrogen) atoms. The molecular formula is C19H25BrN2O5. The van der Waals surface area contributed by atoms with Crippen molar-refractivity contribution in [3.05, 3.63) is 33.4 Å². The van der Waals surface area contributed by atoms with Gasteiger partial charge in [0.1, 0.15) is 0 Å². The molecule has 2 rings (SSSR count). The number of hydrogen-bond acceptors (Lipinski definition) is 5. The van der Waals surface area contributed by atoms with Gasteiger partial charge in [-0.1, -0.05) is 13.3 Å². The minimum atomic E-state index is -0.652. The van der Waals surface area contributed by atoms with Crippen molar-refractivity contribution in [2.45, 2.75) is 39.2 Å². The molecule has 0 saturated heterocycles. The van der Waals surface area contributed by atoms with Crippen molar-refractivity contribution < 1.29 is 23.8 Å². The number of allylic oxidation sites excluding steroid dienone is 1. The number of methoxy groups -OCH3 is 2. The molecule has 0 spiro atoms. The molecule has 148 valence electrons. The van der Waals surface area contributed by atoms with Gasteiger partial charge in [0.25, 0.3) is 0 Å². The highest BCUT2D eigenvalue weighted by atomic mass is 79.9. The van der Waals surface area contributed by atoms with Crippen LogP contribution in [0.4, 0.5) is 4.79 Å². The zero-order valence-electron chi connectivity index (χ0n) is 16.0. The summed E-state index contributed by atoms with van der Waals surface area (Å²) in [5, 5.41) is 5.59. The SMILES string of the molecule is CCCCC1=C(C(=O)OCC)C(c2cc(Br)c(OC)c(OC)c2)NC(=O)N1. The standard InChI is InChI=1S/C19H25BrN2O5/c1-5-7-8-13-15(18(23)27-6-2)16(22-19(24)21-13)11-9-12(20)17(26-4)14(10-11)25-3/h9-10,16H,5-8H2,1-4H3,(H2,21,22,24). The van der Waals surface area contributed by atoms with Crippen molar-refractivity contribution >= 4 is 27.9 Å². The number of urea groups is 1. The van der Waals surface area contributed by atoms with E-state index in [9.17, 15) is 9.59 Å². The van der Waals surface area contributed by atoms with Gasteiger partial charge in [-0.15, -0.1) is 0 Å². The number of ether oxygens (including phenoxy) is 3. The van der Waals surface area contributed by atoms with Crippen molar-refractivity contribution in [3.63, 3.8) is 0 Å². The summed E-state index contributed by atoms with van der Waals surface area (Å²) in [6, 6.07) is 2.54. The molecule has 0 bridgehead atoms. The largest absolute Gasteiger partial charge is 0.493 e. The number of carbonyl (C=O) groups excluding carboxylic acids is 2. The second-order valence-corrected chi connectivity index (χ2v) is 6.84. The molecule has 1 aliphatic heterocycles. The van der Waals surface area contributed by atoms with Gasteiger partial charge >= 0.3 is 12.0 Å². The Bertz CT molecular complexity index is 748. The fourth-order valence-electron chi connectivity index (χ4n) is 2.97. The van der Waals surface area contributed by atoms with E-state index in [1.54, 1.807) is 26.2 Å². The van der Waals surface area contributed by atoms with Crippen LogP contribution in [0.25, 0.3) is 0 Å². The zero-order chi connectivity index (χ0) is 20.0. The lowest BCUT2D eigenvalue weighted by Crippen LogP contribution is -2.46. The number of halogens is 1. The molecule has 8 heteroatoms. The molecule has 1 aromatic rings. The highest BCUT2D eigenvalue weighted by molar-refractivity contribution is 9.10. The molecule has 1 aliphatic rings. The third-order valence-corrected chi connectivity index (χ3v) is 4.81. The molecule has 7 nitrogen and oxygen atoms in total. The summed E-state index contributed by atoms with van der Waals surface area (Å²) in [7, 11) is 3.07. The lowest BCUT2D eigenvalue weighted by atomic mass is 9.93. The Morgan fingerprint density at radius 1 is 1.22 bits per heavy atom. The molecule has 2 amide bonds. The first-order chi connectivity index (χ1) is 13.0. The Hall–Kier alpha value is -2.22. The number of rotatable bonds is 8. The predicted octanol–water partition coefficient (Wildman–Crippen LogP) is 3.83. The van der Waals surface area contributed by atoms with Crippen molar-refractivity contribution in [3.8, 4) is 11.5 Å². The Balaban J connectivity index is 2.58. The van der Waals surface area contributed by atoms with Crippen LogP contribution in [-0.2, 0) is 9.53 Å². The van der Waals surface area contributed by atoms with Crippen LogP contribution >= 0.6 is 15.9 Å². The first-order valence-corrected chi connectivity index (χ1v) is 9.65. The minimum absolute atomic E-state index is 0.250. The molecule has 1 atom stereocenters. The minimum Gasteiger partial charge on any atom is -0.493 e. The van der Waals surface area contributed by atoms with Crippen molar-refractivity contribution in [2.75, 3.05) is 20.8 Å². The van der Waals surface area contributed by atoms with E-state index in [0.717, 1.165) is 12.8 Å². The molecule has 0 saturated carbocycles. The van der Waals surface area contributed by atoms with E-state index >= 15 is 0 Å². The Morgan fingerprint density at radius 3 is 2.56 bits per heavy atom. The topological polar surface area (TPSA) is 85.9 Å². The lowest BCUT2D eigenvalue weighted by molar-refractivity contribution is -0.139. The van der Waals surface area contributed by atoms with Gasteiger partial charge in [0.05, 0.1) is 36.9 Å². The van der Waals surface area contributed by atoms with Crippen LogP contribution in [0.2, 0.25) is 0 Å². The maximum atomic E-state index is 12.7. The summed E-state index contributed by atoms with van der Waals surface area (Å²) < 4.78 is 16.6. The summed E-state index contributed by atoms with van der Waals surface area (Å²) in [6.45, 7) is 4.05. The van der Waals surface area contributed by atoms with E-state index in [-0.39, 0.29) is 12.6 Å². The zero-order valence-corrected chi connectivity index (χ0v) is 17.6. The highest BCUT2D eigenvalue weighted by Gasteiger charge is 2.34. The molecule has 0 aromatic heterocycles. The molecule has 1 heterocycles. The van der Waals surface area contributed by atoms with Gasteiger partial charge in [-0.25, -0.2) is 9.59 Å². The Kier molecular flexibility index (Phi) is 7.53. The normalized spacial score (nSPS) is 16.5. The number of unbranched alkanes of at least 4 members (excludes halogenated alkanes) is 1. The highest BCUT2D eigenvalue weighted by Crippen LogP contribution is 2.40. The van der Waals surface area contributed by atoms with Gasteiger partial charge in [0, 0.05) is 5.70 Å². The average molecular weight is 441 g/mol.